The number of aliphatic imine (C=N–C) groups is 1. The topological polar surface area (TPSA) is 50.7 Å². The first-order chi connectivity index (χ1) is 16.3. The zero-order valence-electron chi connectivity index (χ0n) is 18.9. The van der Waals surface area contributed by atoms with E-state index in [0.29, 0.717) is 17.9 Å². The molecule has 0 heterocycles. The van der Waals surface area contributed by atoms with E-state index >= 15 is 0 Å². The number of allylic oxidation sites excluding steroid dienone is 2. The molecule has 1 N–H and O–H groups in total. The first-order valence-corrected chi connectivity index (χ1v) is 10.8. The molecule has 1 amide bonds. The van der Waals surface area contributed by atoms with Crippen molar-refractivity contribution in [2.75, 3.05) is 6.54 Å². The summed E-state index contributed by atoms with van der Waals surface area (Å²) in [4.78, 5) is 16.9. The second-order valence-electron chi connectivity index (χ2n) is 7.45. The van der Waals surface area contributed by atoms with Crippen LogP contribution >= 0.6 is 0 Å². The highest BCUT2D eigenvalue weighted by Gasteiger charge is 2.30. The average molecular weight is 467 g/mol. The van der Waals surface area contributed by atoms with Gasteiger partial charge in [-0.15, -0.1) is 0 Å². The molecule has 4 nitrogen and oxygen atoms in total. The Kier molecular flexibility index (Phi) is 8.24. The number of nitrogens with zero attached hydrogens (tertiary/aromatic N) is 1. The van der Waals surface area contributed by atoms with Gasteiger partial charge in [-0.25, -0.2) is 0 Å². The first kappa shape index (κ1) is 24.8. The van der Waals surface area contributed by atoms with Gasteiger partial charge in [0.15, 0.2) is 0 Å². The van der Waals surface area contributed by atoms with Crippen LogP contribution in [0.4, 0.5) is 13.2 Å². The lowest BCUT2D eigenvalue weighted by molar-refractivity contribution is -0.137. The summed E-state index contributed by atoms with van der Waals surface area (Å²) in [7, 11) is 0. The third-order valence-electron chi connectivity index (χ3n) is 4.91. The molecule has 176 valence electrons. The Balaban J connectivity index is 1.75. The van der Waals surface area contributed by atoms with E-state index in [1.54, 1.807) is 42.7 Å². The van der Waals surface area contributed by atoms with Gasteiger partial charge < -0.3 is 10.1 Å². The fraction of sp³-hybridized carbons (Fsp3) is 0.185. The molecule has 0 atom stereocenters. The van der Waals surface area contributed by atoms with E-state index in [-0.39, 0.29) is 11.7 Å². The van der Waals surface area contributed by atoms with Gasteiger partial charge in [0.2, 0.25) is 0 Å². The van der Waals surface area contributed by atoms with E-state index < -0.39 is 11.7 Å². The maximum Gasteiger partial charge on any atom is 0.416 e. The SMILES string of the molecule is C\C=C/N=C/C(=C/CC)CNC(=O)c1ccc2c(Oc3ccc(C(F)(F)F)cc3)cccc2c1. The van der Waals surface area contributed by atoms with Crippen molar-refractivity contribution in [2.24, 2.45) is 4.99 Å². The number of ether oxygens (including phenoxy) is 1. The van der Waals surface area contributed by atoms with Gasteiger partial charge in [-0.05, 0) is 72.8 Å². The number of benzene rings is 3. The van der Waals surface area contributed by atoms with Crippen molar-refractivity contribution in [2.45, 2.75) is 26.4 Å². The van der Waals surface area contributed by atoms with Gasteiger partial charge in [0.25, 0.3) is 5.91 Å². The molecule has 0 fully saturated rings. The molecule has 0 radical (unpaired) electrons. The first-order valence-electron chi connectivity index (χ1n) is 10.8. The lowest BCUT2D eigenvalue weighted by Gasteiger charge is -2.12. The summed E-state index contributed by atoms with van der Waals surface area (Å²) < 4.78 is 44.2. The van der Waals surface area contributed by atoms with Crippen LogP contribution < -0.4 is 10.1 Å². The Morgan fingerprint density at radius 2 is 1.85 bits per heavy atom. The zero-order valence-corrected chi connectivity index (χ0v) is 18.9. The number of fused-ring (bicyclic) bond motifs is 1. The van der Waals surface area contributed by atoms with Crippen molar-refractivity contribution in [1.82, 2.24) is 5.32 Å². The van der Waals surface area contributed by atoms with Crippen molar-refractivity contribution < 1.29 is 22.7 Å². The highest BCUT2D eigenvalue weighted by atomic mass is 19.4. The number of alkyl halides is 3. The van der Waals surface area contributed by atoms with Gasteiger partial charge in [0, 0.05) is 29.9 Å². The van der Waals surface area contributed by atoms with Crippen LogP contribution in [0.3, 0.4) is 0 Å². The van der Waals surface area contributed by atoms with Gasteiger partial charge in [-0.1, -0.05) is 31.2 Å². The van der Waals surface area contributed by atoms with Crippen LogP contribution in [0.1, 0.15) is 36.2 Å². The van der Waals surface area contributed by atoms with Crippen molar-refractivity contribution >= 4 is 22.9 Å². The standard InChI is InChI=1S/C27H25F3N2O2/c1-3-6-19(17-31-15-4-2)18-32-26(33)21-9-14-24-20(16-21)7-5-8-25(24)34-23-12-10-22(11-13-23)27(28,29)30/h4-17H,3,18H2,1-2H3,(H,32,33)/b15-4-,19-6-,31-17+. The Labute approximate surface area is 196 Å². The summed E-state index contributed by atoms with van der Waals surface area (Å²) in [6, 6.07) is 15.1. The largest absolute Gasteiger partial charge is 0.457 e. The van der Waals surface area contributed by atoms with E-state index in [2.05, 4.69) is 10.3 Å². The Bertz CT molecular complexity index is 1230. The quantitative estimate of drug-likeness (QED) is 0.354. The molecule has 34 heavy (non-hydrogen) atoms. The van der Waals surface area contributed by atoms with Crippen molar-refractivity contribution in [3.8, 4) is 11.5 Å². The van der Waals surface area contributed by atoms with Crippen molar-refractivity contribution in [3.63, 3.8) is 0 Å². The number of nitrogens with one attached hydrogen (secondary N) is 1. The maximum absolute atomic E-state index is 12.8. The number of carbonyl (C=O) groups is 1. The van der Waals surface area contributed by atoms with Gasteiger partial charge in [-0.2, -0.15) is 13.2 Å². The lowest BCUT2D eigenvalue weighted by Crippen LogP contribution is -2.26. The number of hydrogen-bond acceptors (Lipinski definition) is 3. The number of amides is 1. The smallest absolute Gasteiger partial charge is 0.416 e. The van der Waals surface area contributed by atoms with E-state index in [4.69, 9.17) is 4.74 Å². The molecule has 0 unspecified atom stereocenters. The predicted molar refractivity (Wildman–Crippen MR) is 129 cm³/mol. The third kappa shape index (κ3) is 6.57. The molecule has 0 bridgehead atoms. The minimum absolute atomic E-state index is 0.225. The van der Waals surface area contributed by atoms with E-state index in [1.807, 2.05) is 32.1 Å². The van der Waals surface area contributed by atoms with Gasteiger partial charge >= 0.3 is 6.18 Å². The van der Waals surface area contributed by atoms with Crippen LogP contribution in [0.2, 0.25) is 0 Å². The molecule has 0 saturated heterocycles. The number of rotatable bonds is 8. The van der Waals surface area contributed by atoms with Crippen molar-refractivity contribution in [1.29, 1.82) is 0 Å². The fourth-order valence-electron chi connectivity index (χ4n) is 3.27. The lowest BCUT2D eigenvalue weighted by atomic mass is 10.1. The summed E-state index contributed by atoms with van der Waals surface area (Å²) in [5.74, 6) is 0.548. The highest BCUT2D eigenvalue weighted by molar-refractivity contribution is 6.00. The predicted octanol–water partition coefficient (Wildman–Crippen LogP) is 7.32. The van der Waals surface area contributed by atoms with Crippen LogP contribution in [0, 0.1) is 0 Å². The summed E-state index contributed by atoms with van der Waals surface area (Å²) in [6.07, 6.45) is 3.64. The molecular weight excluding hydrogens is 441 g/mol. The van der Waals surface area contributed by atoms with Gasteiger partial charge in [0.1, 0.15) is 11.5 Å². The van der Waals surface area contributed by atoms with Crippen molar-refractivity contribution in [3.05, 3.63) is 95.7 Å². The molecule has 0 aromatic heterocycles. The number of hydrogen-bond donors (Lipinski definition) is 1. The molecule has 3 rings (SSSR count). The molecule has 0 aliphatic rings. The van der Waals surface area contributed by atoms with Crippen LogP contribution in [-0.2, 0) is 6.18 Å². The fourth-order valence-corrected chi connectivity index (χ4v) is 3.27. The molecule has 3 aromatic rings. The van der Waals surface area contributed by atoms with Gasteiger partial charge in [-0.3, -0.25) is 9.79 Å². The number of halogens is 3. The van der Waals surface area contributed by atoms with E-state index in [1.165, 1.54) is 12.1 Å². The molecular formula is C27H25F3N2O2. The van der Waals surface area contributed by atoms with Gasteiger partial charge in [0.05, 0.1) is 5.56 Å². The molecule has 3 aromatic carbocycles. The van der Waals surface area contributed by atoms with Crippen LogP contribution in [0.5, 0.6) is 11.5 Å². The summed E-state index contributed by atoms with van der Waals surface area (Å²) >= 11 is 0. The zero-order chi connectivity index (χ0) is 24.6. The highest BCUT2D eigenvalue weighted by Crippen LogP contribution is 2.33. The Morgan fingerprint density at radius 3 is 2.53 bits per heavy atom. The van der Waals surface area contributed by atoms with Crippen LogP contribution in [-0.4, -0.2) is 18.7 Å². The van der Waals surface area contributed by atoms with E-state index in [0.717, 1.165) is 34.9 Å². The Morgan fingerprint density at radius 1 is 1.09 bits per heavy atom. The molecule has 7 heteroatoms. The van der Waals surface area contributed by atoms with Crippen LogP contribution in [0.15, 0.2) is 89.6 Å². The minimum Gasteiger partial charge on any atom is -0.457 e. The van der Waals surface area contributed by atoms with Crippen LogP contribution in [0.25, 0.3) is 10.8 Å². The summed E-state index contributed by atoms with van der Waals surface area (Å²) in [6.45, 7) is 4.24. The molecule has 0 aliphatic carbocycles. The Hall–Kier alpha value is -3.87. The minimum atomic E-state index is -4.40. The second-order valence-corrected chi connectivity index (χ2v) is 7.45. The molecule has 0 aliphatic heterocycles. The summed E-state index contributed by atoms with van der Waals surface area (Å²) in [5, 5.41) is 4.42. The molecule has 0 spiro atoms. The average Bonchev–Trinajstić information content (AvgIpc) is 2.82. The summed E-state index contributed by atoms with van der Waals surface area (Å²) in [5.41, 5.74) is 0.654. The monoisotopic (exact) mass is 466 g/mol. The third-order valence-corrected chi connectivity index (χ3v) is 4.91. The molecule has 0 saturated carbocycles. The van der Waals surface area contributed by atoms with E-state index in [9.17, 15) is 18.0 Å². The number of carbonyl (C=O) groups excluding carboxylic acids is 1. The maximum atomic E-state index is 12.8. The second kappa shape index (κ2) is 11.3. The normalized spacial score (nSPS) is 12.6.